The largest absolute Gasteiger partial charge is 0.326 e. The summed E-state index contributed by atoms with van der Waals surface area (Å²) in [5.41, 5.74) is 11.1. The zero-order valence-corrected chi connectivity index (χ0v) is 13.0. The Morgan fingerprint density at radius 3 is 2.68 bits per heavy atom. The zero-order valence-electron chi connectivity index (χ0n) is 13.0. The minimum atomic E-state index is 0.523. The van der Waals surface area contributed by atoms with Crippen LogP contribution in [0.2, 0.25) is 0 Å². The molecule has 5 heteroatoms. The smallest absolute Gasteiger partial charge is 0.137 e. The lowest BCUT2D eigenvalue weighted by Crippen LogP contribution is -2.00. The normalized spacial score (nSPS) is 9.95. The molecule has 3 aromatic rings. The fraction of sp³-hybridized carbons (Fsp3) is 0.235. The van der Waals surface area contributed by atoms with Crippen molar-refractivity contribution < 1.29 is 0 Å². The van der Waals surface area contributed by atoms with E-state index in [1.807, 2.05) is 32.9 Å². The van der Waals surface area contributed by atoms with Crippen molar-refractivity contribution >= 4 is 5.52 Å². The SMILES string of the molecule is CC.Cc1cc(-c2ncnn3cc(C#N)cc23)ccc1CN. The summed E-state index contributed by atoms with van der Waals surface area (Å²) in [6.45, 7) is 6.55. The van der Waals surface area contributed by atoms with E-state index in [2.05, 4.69) is 22.2 Å². The van der Waals surface area contributed by atoms with Crippen LogP contribution in [0.15, 0.2) is 36.8 Å². The van der Waals surface area contributed by atoms with Gasteiger partial charge in [0, 0.05) is 18.3 Å². The van der Waals surface area contributed by atoms with Crippen LogP contribution < -0.4 is 5.73 Å². The van der Waals surface area contributed by atoms with Gasteiger partial charge >= 0.3 is 0 Å². The van der Waals surface area contributed by atoms with E-state index in [1.54, 1.807) is 16.8 Å². The van der Waals surface area contributed by atoms with Gasteiger partial charge in [0.15, 0.2) is 0 Å². The maximum Gasteiger partial charge on any atom is 0.137 e. The Morgan fingerprint density at radius 2 is 2.05 bits per heavy atom. The highest BCUT2D eigenvalue weighted by atomic mass is 15.2. The van der Waals surface area contributed by atoms with Gasteiger partial charge in [-0.15, -0.1) is 0 Å². The van der Waals surface area contributed by atoms with Gasteiger partial charge in [-0.05, 0) is 30.2 Å². The lowest BCUT2D eigenvalue weighted by molar-refractivity contribution is 0.905. The van der Waals surface area contributed by atoms with E-state index in [0.717, 1.165) is 27.9 Å². The highest BCUT2D eigenvalue weighted by Gasteiger charge is 2.09. The molecule has 5 nitrogen and oxygen atoms in total. The predicted molar refractivity (Wildman–Crippen MR) is 87.1 cm³/mol. The first kappa shape index (κ1) is 15.7. The summed E-state index contributed by atoms with van der Waals surface area (Å²) in [5, 5.41) is 13.1. The Balaban J connectivity index is 0.000000847. The molecule has 0 radical (unpaired) electrons. The minimum absolute atomic E-state index is 0.523. The summed E-state index contributed by atoms with van der Waals surface area (Å²) in [7, 11) is 0. The first-order valence-corrected chi connectivity index (χ1v) is 7.26. The number of nitriles is 1. The zero-order chi connectivity index (χ0) is 16.1. The second-order valence-corrected chi connectivity index (χ2v) is 4.62. The van der Waals surface area contributed by atoms with Gasteiger partial charge in [0.25, 0.3) is 0 Å². The third-order valence-corrected chi connectivity index (χ3v) is 3.37. The maximum absolute atomic E-state index is 8.99. The van der Waals surface area contributed by atoms with Crippen LogP contribution in [0.25, 0.3) is 16.8 Å². The predicted octanol–water partition coefficient (Wildman–Crippen LogP) is 3.06. The summed E-state index contributed by atoms with van der Waals surface area (Å²) in [5.74, 6) is 0. The number of benzene rings is 1. The van der Waals surface area contributed by atoms with Crippen molar-refractivity contribution in [2.24, 2.45) is 5.73 Å². The molecule has 0 amide bonds. The average molecular weight is 293 g/mol. The molecule has 22 heavy (non-hydrogen) atoms. The molecule has 2 N–H and O–H groups in total. The molecule has 0 unspecified atom stereocenters. The van der Waals surface area contributed by atoms with Gasteiger partial charge in [-0.1, -0.05) is 26.0 Å². The molecule has 0 fully saturated rings. The van der Waals surface area contributed by atoms with Crippen molar-refractivity contribution in [3.8, 4) is 17.3 Å². The first-order chi connectivity index (χ1) is 10.7. The van der Waals surface area contributed by atoms with Gasteiger partial charge in [-0.2, -0.15) is 10.4 Å². The standard InChI is InChI=1S/C15H13N5.C2H6/c1-10-4-12(2-3-13(10)7-17)15-14-5-11(6-16)8-20(14)19-9-18-15;1-2/h2-5,8-9H,7,17H2,1H3;1-2H3. The van der Waals surface area contributed by atoms with Crippen molar-refractivity contribution in [3.63, 3.8) is 0 Å². The molecule has 2 heterocycles. The molecule has 0 aliphatic carbocycles. The summed E-state index contributed by atoms with van der Waals surface area (Å²) in [6, 6.07) is 9.98. The van der Waals surface area contributed by atoms with Gasteiger partial charge in [0.05, 0.1) is 16.8 Å². The van der Waals surface area contributed by atoms with Gasteiger partial charge in [0.1, 0.15) is 12.4 Å². The molecule has 112 valence electrons. The molecule has 0 atom stereocenters. The molecule has 0 aliphatic rings. The lowest BCUT2D eigenvalue weighted by atomic mass is 10.0. The van der Waals surface area contributed by atoms with Crippen LogP contribution in [-0.4, -0.2) is 14.6 Å². The van der Waals surface area contributed by atoms with Gasteiger partial charge in [-0.3, -0.25) is 0 Å². The van der Waals surface area contributed by atoms with Crippen molar-refractivity contribution in [1.29, 1.82) is 5.26 Å². The quantitative estimate of drug-likeness (QED) is 0.787. The van der Waals surface area contributed by atoms with E-state index < -0.39 is 0 Å². The molecule has 0 saturated carbocycles. The van der Waals surface area contributed by atoms with Gasteiger partial charge < -0.3 is 5.73 Å². The second kappa shape index (κ2) is 6.83. The number of fused-ring (bicyclic) bond motifs is 1. The second-order valence-electron chi connectivity index (χ2n) is 4.62. The molecule has 3 rings (SSSR count). The van der Waals surface area contributed by atoms with E-state index in [0.29, 0.717) is 12.1 Å². The van der Waals surface area contributed by atoms with Crippen LogP contribution in [0.1, 0.15) is 30.5 Å². The van der Waals surface area contributed by atoms with Crippen LogP contribution in [0.5, 0.6) is 0 Å². The Labute approximate surface area is 130 Å². The van der Waals surface area contributed by atoms with Crippen LogP contribution >= 0.6 is 0 Å². The molecule has 0 spiro atoms. The summed E-state index contributed by atoms with van der Waals surface area (Å²) in [4.78, 5) is 4.35. The first-order valence-electron chi connectivity index (χ1n) is 7.26. The van der Waals surface area contributed by atoms with Crippen LogP contribution in [0.4, 0.5) is 0 Å². The van der Waals surface area contributed by atoms with E-state index >= 15 is 0 Å². The Hall–Kier alpha value is -2.71. The molecular weight excluding hydrogens is 274 g/mol. The summed E-state index contributed by atoms with van der Waals surface area (Å²) in [6.07, 6.45) is 3.19. The molecular formula is C17H19N5. The monoisotopic (exact) mass is 293 g/mol. The maximum atomic E-state index is 8.99. The Bertz CT molecular complexity index is 827. The van der Waals surface area contributed by atoms with Crippen LogP contribution in [0.3, 0.4) is 0 Å². The number of hydrogen-bond acceptors (Lipinski definition) is 4. The third-order valence-electron chi connectivity index (χ3n) is 3.37. The summed E-state index contributed by atoms with van der Waals surface area (Å²) < 4.78 is 1.67. The Kier molecular flexibility index (Phi) is 4.87. The van der Waals surface area contributed by atoms with Crippen LogP contribution in [-0.2, 0) is 6.54 Å². The molecule has 1 aromatic carbocycles. The highest BCUT2D eigenvalue weighted by Crippen LogP contribution is 2.25. The molecule has 0 bridgehead atoms. The molecule has 0 aliphatic heterocycles. The van der Waals surface area contributed by atoms with E-state index in [-0.39, 0.29) is 0 Å². The minimum Gasteiger partial charge on any atom is -0.326 e. The van der Waals surface area contributed by atoms with Crippen molar-refractivity contribution in [3.05, 3.63) is 53.5 Å². The fourth-order valence-corrected chi connectivity index (χ4v) is 2.29. The molecule has 0 saturated heterocycles. The fourth-order valence-electron chi connectivity index (χ4n) is 2.29. The summed E-state index contributed by atoms with van der Waals surface area (Å²) >= 11 is 0. The topological polar surface area (TPSA) is 80.0 Å². The number of aromatic nitrogens is 3. The number of aryl methyl sites for hydroxylation is 1. The van der Waals surface area contributed by atoms with E-state index in [1.165, 1.54) is 6.33 Å². The van der Waals surface area contributed by atoms with Crippen molar-refractivity contribution in [1.82, 2.24) is 14.6 Å². The van der Waals surface area contributed by atoms with Crippen molar-refractivity contribution in [2.45, 2.75) is 27.3 Å². The third kappa shape index (κ3) is 2.83. The van der Waals surface area contributed by atoms with E-state index in [4.69, 9.17) is 11.0 Å². The number of rotatable bonds is 2. The Morgan fingerprint density at radius 1 is 1.27 bits per heavy atom. The highest BCUT2D eigenvalue weighted by molar-refractivity contribution is 5.78. The number of nitrogens with zero attached hydrogens (tertiary/aromatic N) is 4. The number of hydrogen-bond donors (Lipinski definition) is 1. The van der Waals surface area contributed by atoms with E-state index in [9.17, 15) is 0 Å². The van der Waals surface area contributed by atoms with Gasteiger partial charge in [0.2, 0.25) is 0 Å². The molecule has 2 aromatic heterocycles. The van der Waals surface area contributed by atoms with Crippen molar-refractivity contribution in [2.75, 3.05) is 0 Å². The lowest BCUT2D eigenvalue weighted by Gasteiger charge is -2.07. The van der Waals surface area contributed by atoms with Gasteiger partial charge in [-0.25, -0.2) is 9.50 Å². The van der Waals surface area contributed by atoms with Crippen LogP contribution in [0, 0.1) is 18.3 Å². The number of nitrogens with two attached hydrogens (primary N) is 1. The average Bonchev–Trinajstić information content (AvgIpc) is 2.99.